The molecule has 0 fully saturated rings. The van der Waals surface area contributed by atoms with E-state index in [1.165, 1.54) is 5.56 Å². The van der Waals surface area contributed by atoms with E-state index in [-0.39, 0.29) is 5.56 Å². The molecule has 2 heterocycles. The predicted octanol–water partition coefficient (Wildman–Crippen LogP) is 4.28. The number of rotatable bonds is 10. The van der Waals surface area contributed by atoms with Crippen LogP contribution in [-0.4, -0.2) is 37.2 Å². The number of para-hydroxylation sites is 2. The molecule has 2 aromatic heterocycles. The second-order valence-corrected chi connectivity index (χ2v) is 9.17. The van der Waals surface area contributed by atoms with Crippen LogP contribution in [0.5, 0.6) is 5.75 Å². The number of tetrazole rings is 1. The third-order valence-corrected chi connectivity index (χ3v) is 6.57. The van der Waals surface area contributed by atoms with Gasteiger partial charge in [0, 0.05) is 30.8 Å². The summed E-state index contributed by atoms with van der Waals surface area (Å²) in [6.07, 6.45) is 0.828. The van der Waals surface area contributed by atoms with Crippen molar-refractivity contribution >= 4 is 10.9 Å². The van der Waals surface area contributed by atoms with Crippen LogP contribution in [0.4, 0.5) is 0 Å². The van der Waals surface area contributed by atoms with Gasteiger partial charge in [-0.2, -0.15) is 0 Å². The fourth-order valence-corrected chi connectivity index (χ4v) is 4.62. The predicted molar refractivity (Wildman–Crippen MR) is 143 cm³/mol. The summed E-state index contributed by atoms with van der Waals surface area (Å²) in [6.45, 7) is 4.15. The lowest BCUT2D eigenvalue weighted by Crippen LogP contribution is -2.28. The highest BCUT2D eigenvalue weighted by atomic mass is 16.5. The van der Waals surface area contributed by atoms with Crippen LogP contribution in [-0.2, 0) is 32.6 Å². The zero-order valence-electron chi connectivity index (χ0n) is 21.1. The molecule has 5 rings (SSSR count). The van der Waals surface area contributed by atoms with Crippen molar-refractivity contribution in [3.8, 4) is 5.75 Å². The van der Waals surface area contributed by atoms with E-state index in [0.717, 1.165) is 40.0 Å². The molecule has 0 spiro atoms. The highest BCUT2D eigenvalue weighted by molar-refractivity contribution is 5.81. The molecule has 0 bridgehead atoms. The van der Waals surface area contributed by atoms with Crippen molar-refractivity contribution in [3.05, 3.63) is 117 Å². The van der Waals surface area contributed by atoms with Gasteiger partial charge in [0.25, 0.3) is 5.56 Å². The van der Waals surface area contributed by atoms with Gasteiger partial charge in [0.2, 0.25) is 0 Å². The molecule has 0 aliphatic rings. The van der Waals surface area contributed by atoms with Gasteiger partial charge in [-0.15, -0.1) is 5.10 Å². The Labute approximate surface area is 215 Å². The molecule has 0 amide bonds. The maximum absolute atomic E-state index is 13.1. The molecular weight excluding hydrogens is 464 g/mol. The van der Waals surface area contributed by atoms with Crippen LogP contribution in [0, 0.1) is 6.92 Å². The monoisotopic (exact) mass is 494 g/mol. The third-order valence-electron chi connectivity index (χ3n) is 6.57. The van der Waals surface area contributed by atoms with Crippen molar-refractivity contribution in [3.63, 3.8) is 0 Å². The summed E-state index contributed by atoms with van der Waals surface area (Å²) in [5.74, 6) is 1.55. The minimum absolute atomic E-state index is 0.0875. The van der Waals surface area contributed by atoms with E-state index >= 15 is 0 Å². The summed E-state index contributed by atoms with van der Waals surface area (Å²) in [5, 5.41) is 13.5. The summed E-state index contributed by atoms with van der Waals surface area (Å²) in [6, 6.07) is 26.2. The molecule has 3 aromatic carbocycles. The maximum atomic E-state index is 13.1. The highest BCUT2D eigenvalue weighted by Gasteiger charge is 2.17. The number of pyridine rings is 1. The largest absolute Gasteiger partial charge is 0.496 e. The normalized spacial score (nSPS) is 11.3. The lowest BCUT2D eigenvalue weighted by Gasteiger charge is -2.23. The number of aromatic nitrogens is 5. The molecule has 0 radical (unpaired) electrons. The van der Waals surface area contributed by atoms with Crippen molar-refractivity contribution in [2.75, 3.05) is 7.11 Å². The SMILES string of the molecule is COc1ccccc1CN(Cc1cc2cccc(C)c2[nH]c1=O)Cc1nnnn1CCc1ccccc1. The maximum Gasteiger partial charge on any atom is 0.252 e. The molecule has 0 aliphatic carbocycles. The van der Waals surface area contributed by atoms with Gasteiger partial charge in [0.05, 0.1) is 19.2 Å². The van der Waals surface area contributed by atoms with Crippen molar-refractivity contribution in [1.29, 1.82) is 0 Å². The van der Waals surface area contributed by atoms with E-state index in [1.807, 2.05) is 78.3 Å². The number of aryl methyl sites for hydroxylation is 3. The minimum atomic E-state index is -0.0875. The first-order valence-corrected chi connectivity index (χ1v) is 12.4. The molecule has 8 heteroatoms. The van der Waals surface area contributed by atoms with Gasteiger partial charge >= 0.3 is 0 Å². The molecule has 5 aromatic rings. The molecule has 188 valence electrons. The van der Waals surface area contributed by atoms with Gasteiger partial charge in [-0.1, -0.05) is 66.7 Å². The van der Waals surface area contributed by atoms with Crippen LogP contribution in [0.3, 0.4) is 0 Å². The Morgan fingerprint density at radius 3 is 2.54 bits per heavy atom. The van der Waals surface area contributed by atoms with Crippen LogP contribution in [0.2, 0.25) is 0 Å². The number of hydrogen-bond donors (Lipinski definition) is 1. The summed E-state index contributed by atoms with van der Waals surface area (Å²) in [7, 11) is 1.67. The highest BCUT2D eigenvalue weighted by Crippen LogP contribution is 2.22. The van der Waals surface area contributed by atoms with Gasteiger partial charge in [-0.05, 0) is 52.4 Å². The average Bonchev–Trinajstić information content (AvgIpc) is 3.36. The first-order chi connectivity index (χ1) is 18.1. The number of methoxy groups -OCH3 is 1. The van der Waals surface area contributed by atoms with Crippen LogP contribution in [0.1, 0.15) is 28.1 Å². The quantitative estimate of drug-likeness (QED) is 0.312. The van der Waals surface area contributed by atoms with E-state index in [2.05, 4.69) is 37.5 Å². The van der Waals surface area contributed by atoms with E-state index in [9.17, 15) is 4.79 Å². The third kappa shape index (κ3) is 5.76. The molecular formula is C29H30N6O2. The van der Waals surface area contributed by atoms with Crippen molar-refractivity contribution < 1.29 is 4.74 Å². The van der Waals surface area contributed by atoms with Crippen molar-refractivity contribution in [2.24, 2.45) is 0 Å². The van der Waals surface area contributed by atoms with Gasteiger partial charge in [-0.25, -0.2) is 4.68 Å². The summed E-state index contributed by atoms with van der Waals surface area (Å²) in [4.78, 5) is 18.3. The topological polar surface area (TPSA) is 88.9 Å². The molecule has 0 saturated heterocycles. The first kappa shape index (κ1) is 24.4. The Morgan fingerprint density at radius 2 is 1.70 bits per heavy atom. The molecule has 0 unspecified atom stereocenters. The Bertz CT molecular complexity index is 1540. The average molecular weight is 495 g/mol. The number of benzene rings is 3. The van der Waals surface area contributed by atoms with E-state index in [1.54, 1.807) is 7.11 Å². The van der Waals surface area contributed by atoms with Crippen LogP contribution < -0.4 is 10.3 Å². The van der Waals surface area contributed by atoms with Gasteiger partial charge in [-0.3, -0.25) is 9.69 Å². The van der Waals surface area contributed by atoms with E-state index in [0.29, 0.717) is 31.7 Å². The molecule has 1 N–H and O–H groups in total. The van der Waals surface area contributed by atoms with Crippen LogP contribution in [0.15, 0.2) is 83.7 Å². The summed E-state index contributed by atoms with van der Waals surface area (Å²) >= 11 is 0. The molecule has 0 saturated carbocycles. The zero-order chi connectivity index (χ0) is 25.6. The Kier molecular flexibility index (Phi) is 7.37. The van der Waals surface area contributed by atoms with Gasteiger partial charge in [0.15, 0.2) is 5.82 Å². The lowest BCUT2D eigenvalue weighted by atomic mass is 10.1. The van der Waals surface area contributed by atoms with Crippen molar-refractivity contribution in [1.82, 2.24) is 30.1 Å². The number of nitrogens with zero attached hydrogens (tertiary/aromatic N) is 5. The molecule has 8 nitrogen and oxygen atoms in total. The number of fused-ring (bicyclic) bond motifs is 1. The first-order valence-electron chi connectivity index (χ1n) is 12.4. The zero-order valence-corrected chi connectivity index (χ0v) is 21.1. The second-order valence-electron chi connectivity index (χ2n) is 9.17. The second kappa shape index (κ2) is 11.2. The standard InChI is InChI=1S/C29H30N6O2/c1-21-9-8-13-23-17-25(29(36)30-28(21)23)19-34(18-24-12-6-7-14-26(24)37-2)20-27-31-32-33-35(27)16-15-22-10-4-3-5-11-22/h3-14,17H,15-16,18-20H2,1-2H3,(H,30,36). The lowest BCUT2D eigenvalue weighted by molar-refractivity contribution is 0.231. The number of nitrogens with one attached hydrogen (secondary N) is 1. The van der Waals surface area contributed by atoms with Crippen LogP contribution in [0.25, 0.3) is 10.9 Å². The molecule has 0 atom stereocenters. The summed E-state index contributed by atoms with van der Waals surface area (Å²) < 4.78 is 7.44. The fourth-order valence-electron chi connectivity index (χ4n) is 4.62. The fraction of sp³-hybridized carbons (Fsp3) is 0.241. The van der Waals surface area contributed by atoms with Crippen LogP contribution >= 0.6 is 0 Å². The van der Waals surface area contributed by atoms with Gasteiger partial charge in [0.1, 0.15) is 5.75 Å². The Balaban J connectivity index is 1.43. The molecule has 37 heavy (non-hydrogen) atoms. The number of hydrogen-bond acceptors (Lipinski definition) is 6. The Morgan fingerprint density at radius 1 is 0.919 bits per heavy atom. The smallest absolute Gasteiger partial charge is 0.252 e. The van der Waals surface area contributed by atoms with E-state index in [4.69, 9.17) is 4.74 Å². The Hall–Kier alpha value is -4.30. The minimum Gasteiger partial charge on any atom is -0.496 e. The number of H-pyrrole nitrogens is 1. The molecule has 0 aliphatic heterocycles. The van der Waals surface area contributed by atoms with Crippen molar-refractivity contribution in [2.45, 2.75) is 39.5 Å². The number of aromatic amines is 1. The van der Waals surface area contributed by atoms with E-state index < -0.39 is 0 Å². The summed E-state index contributed by atoms with van der Waals surface area (Å²) in [5.41, 5.74) is 4.78. The van der Waals surface area contributed by atoms with Gasteiger partial charge < -0.3 is 9.72 Å². The number of ether oxygens (including phenoxy) is 1.